The molecule has 2 aromatic heterocycles. The predicted molar refractivity (Wildman–Crippen MR) is 180 cm³/mol. The van der Waals surface area contributed by atoms with Crippen molar-refractivity contribution in [2.24, 2.45) is 0 Å². The third-order valence-electron chi connectivity index (χ3n) is 10.1. The van der Waals surface area contributed by atoms with Gasteiger partial charge in [-0.3, -0.25) is 4.79 Å². The zero-order chi connectivity index (χ0) is 34.4. The number of benzene rings is 2. The maximum atomic E-state index is 13.5. The van der Waals surface area contributed by atoms with Crippen LogP contribution in [0.15, 0.2) is 70.0 Å². The highest BCUT2D eigenvalue weighted by Gasteiger charge is 2.51. The highest BCUT2D eigenvalue weighted by molar-refractivity contribution is 6.77. The zero-order valence-corrected chi connectivity index (χ0v) is 29.5. The van der Waals surface area contributed by atoms with Crippen molar-refractivity contribution < 1.29 is 22.1 Å². The highest BCUT2D eigenvalue weighted by Crippen LogP contribution is 2.51. The quantitative estimate of drug-likeness (QED) is 0.140. The maximum absolute atomic E-state index is 13.5. The predicted octanol–water partition coefficient (Wildman–Crippen LogP) is 9.07. The molecule has 1 fully saturated rings. The molecule has 0 unspecified atom stereocenters. The Morgan fingerprint density at radius 3 is 2.15 bits per heavy atom. The Kier molecular flexibility index (Phi) is 9.46. The van der Waals surface area contributed by atoms with Gasteiger partial charge in [0.15, 0.2) is 8.32 Å². The lowest BCUT2D eigenvalue weighted by molar-refractivity contribution is -0.180. The molecule has 0 N–H and O–H groups in total. The van der Waals surface area contributed by atoms with Gasteiger partial charge in [-0.25, -0.2) is 4.68 Å². The van der Waals surface area contributed by atoms with Gasteiger partial charge in [-0.05, 0) is 66.1 Å². The number of halogens is 3. The van der Waals surface area contributed by atoms with Crippen LogP contribution in [0.25, 0.3) is 23.0 Å². The molecule has 1 aliphatic rings. The van der Waals surface area contributed by atoms with Gasteiger partial charge < -0.3 is 8.95 Å². The summed E-state index contributed by atoms with van der Waals surface area (Å²) in [7, 11) is -2.00. The first-order chi connectivity index (χ1) is 22.0. The Morgan fingerprint density at radius 2 is 1.57 bits per heavy atom. The van der Waals surface area contributed by atoms with Crippen LogP contribution in [0.5, 0.6) is 0 Å². The van der Waals surface area contributed by atoms with Gasteiger partial charge in [0.05, 0.1) is 12.0 Å². The fraction of sp³-hybridized carbons (Fsp3) is 0.500. The number of hydrogen-bond acceptors (Lipinski definition) is 6. The maximum Gasteiger partial charge on any atom is 0.397 e. The van der Waals surface area contributed by atoms with E-state index >= 15 is 0 Å². The second-order valence-electron chi connectivity index (χ2n) is 14.4. The van der Waals surface area contributed by atoms with Crippen molar-refractivity contribution in [3.8, 4) is 23.0 Å². The lowest BCUT2D eigenvalue weighted by Gasteiger charge is -2.43. The molecule has 0 spiro atoms. The largest absolute Gasteiger partial charge is 0.415 e. The number of aromatic nitrogens is 4. The number of alkyl halides is 3. The molecule has 47 heavy (non-hydrogen) atoms. The molecule has 5 rings (SSSR count). The van der Waals surface area contributed by atoms with Crippen LogP contribution < -0.4 is 5.56 Å². The topological polar surface area (TPSA) is 83.0 Å². The Bertz CT molecular complexity index is 1730. The summed E-state index contributed by atoms with van der Waals surface area (Å²) >= 11 is 0. The first kappa shape index (κ1) is 34.8. The molecule has 7 nitrogen and oxygen atoms in total. The van der Waals surface area contributed by atoms with Gasteiger partial charge in [0.1, 0.15) is 5.69 Å². The molecule has 2 aromatic carbocycles. The van der Waals surface area contributed by atoms with Crippen LogP contribution in [0.4, 0.5) is 13.2 Å². The van der Waals surface area contributed by atoms with Gasteiger partial charge >= 0.3 is 6.18 Å². The SMILES string of the molecule is CC(C)[Si](OCC1(c2cccc(Cn3nc(-c4nc(-c5ccc(C(C)(C)C(F)(F)F)cc5)no4)ccc3=O)c2)CC1)(C(C)C)C(C)C. The molecule has 0 radical (unpaired) electrons. The van der Waals surface area contributed by atoms with Gasteiger partial charge in [-0.2, -0.15) is 23.3 Å². The molecule has 2 heterocycles. The van der Waals surface area contributed by atoms with Crippen molar-refractivity contribution in [1.29, 1.82) is 0 Å². The first-order valence-electron chi connectivity index (χ1n) is 16.3. The second kappa shape index (κ2) is 12.8. The van der Waals surface area contributed by atoms with Crippen LogP contribution in [-0.4, -0.2) is 41.0 Å². The van der Waals surface area contributed by atoms with Gasteiger partial charge in [0.2, 0.25) is 5.82 Å². The van der Waals surface area contributed by atoms with E-state index in [1.165, 1.54) is 46.6 Å². The summed E-state index contributed by atoms with van der Waals surface area (Å²) in [6.07, 6.45) is -2.24. The van der Waals surface area contributed by atoms with E-state index < -0.39 is 19.9 Å². The summed E-state index contributed by atoms with van der Waals surface area (Å²) in [6, 6.07) is 17.2. The average molecular weight is 667 g/mol. The molecular formula is C36H45F3N4O3Si. The smallest absolute Gasteiger partial charge is 0.397 e. The molecule has 11 heteroatoms. The molecule has 1 aliphatic carbocycles. The molecule has 0 atom stereocenters. The standard InChI is InChI=1S/C36H45F3N4O3Si/c1-23(2)47(24(3)4,25(5)6)45-22-35(18-19-35)29-11-9-10-26(20-29)21-43-31(44)17-16-30(41-43)33-40-32(42-46-33)27-12-14-28(15-13-27)34(7,8)36(37,38)39/h9-17,20,23-25H,18-19,21-22H2,1-8H3. The Morgan fingerprint density at radius 1 is 0.936 bits per heavy atom. The van der Waals surface area contributed by atoms with Crippen molar-refractivity contribution in [2.45, 2.75) is 108 Å². The van der Waals surface area contributed by atoms with Crippen molar-refractivity contribution in [2.75, 3.05) is 6.61 Å². The summed E-state index contributed by atoms with van der Waals surface area (Å²) < 4.78 is 54.3. The summed E-state index contributed by atoms with van der Waals surface area (Å²) in [6.45, 7) is 17.1. The van der Waals surface area contributed by atoms with E-state index in [4.69, 9.17) is 8.95 Å². The molecule has 0 amide bonds. The van der Waals surface area contributed by atoms with E-state index in [0.29, 0.717) is 34.5 Å². The lowest BCUT2D eigenvalue weighted by atomic mass is 9.83. The zero-order valence-electron chi connectivity index (χ0n) is 28.5. The van der Waals surface area contributed by atoms with Crippen LogP contribution in [0.1, 0.15) is 84.9 Å². The molecule has 0 bridgehead atoms. The first-order valence-corrected chi connectivity index (χ1v) is 18.5. The van der Waals surface area contributed by atoms with Crippen LogP contribution in [-0.2, 0) is 21.8 Å². The lowest BCUT2D eigenvalue weighted by Crippen LogP contribution is -2.49. The summed E-state index contributed by atoms with van der Waals surface area (Å²) in [5.41, 5.74) is 2.40. The highest BCUT2D eigenvalue weighted by atomic mass is 28.4. The molecule has 4 aromatic rings. The molecular weight excluding hydrogens is 622 g/mol. The van der Waals surface area contributed by atoms with Crippen molar-refractivity contribution >= 4 is 8.32 Å². The monoisotopic (exact) mass is 666 g/mol. The summed E-state index contributed by atoms with van der Waals surface area (Å²) in [5.74, 6) is 0.310. The Balaban J connectivity index is 1.33. The van der Waals surface area contributed by atoms with E-state index in [1.807, 2.05) is 12.1 Å². The number of rotatable bonds is 12. The van der Waals surface area contributed by atoms with E-state index in [0.717, 1.165) is 32.3 Å². The summed E-state index contributed by atoms with van der Waals surface area (Å²) in [4.78, 5) is 17.3. The van der Waals surface area contributed by atoms with E-state index in [9.17, 15) is 18.0 Å². The minimum Gasteiger partial charge on any atom is -0.415 e. The average Bonchev–Trinajstić information content (AvgIpc) is 3.64. The normalized spacial score (nSPS) is 15.2. The third kappa shape index (κ3) is 6.74. The van der Waals surface area contributed by atoms with E-state index in [2.05, 4.69) is 68.9 Å². The Labute approximate surface area is 275 Å². The minimum absolute atomic E-state index is 0.00593. The van der Waals surface area contributed by atoms with Crippen molar-refractivity contribution in [3.63, 3.8) is 0 Å². The minimum atomic E-state index is -4.39. The molecule has 0 saturated heterocycles. The molecule has 0 aliphatic heterocycles. The van der Waals surface area contributed by atoms with Crippen molar-refractivity contribution in [3.05, 3.63) is 87.7 Å². The third-order valence-corrected chi connectivity index (χ3v) is 16.2. The van der Waals surface area contributed by atoms with E-state index in [1.54, 1.807) is 0 Å². The number of hydrogen-bond donors (Lipinski definition) is 0. The fourth-order valence-electron chi connectivity index (χ4n) is 6.92. The van der Waals surface area contributed by atoms with Crippen LogP contribution >= 0.6 is 0 Å². The van der Waals surface area contributed by atoms with Gasteiger partial charge in [0.25, 0.3) is 11.4 Å². The van der Waals surface area contributed by atoms with Crippen molar-refractivity contribution in [1.82, 2.24) is 19.9 Å². The Hall–Kier alpha value is -3.57. The number of nitrogens with zero attached hydrogens (tertiary/aromatic N) is 4. The summed E-state index contributed by atoms with van der Waals surface area (Å²) in [5, 5.41) is 8.52. The van der Waals surface area contributed by atoms with Crippen LogP contribution in [0.3, 0.4) is 0 Å². The fourth-order valence-corrected chi connectivity index (χ4v) is 12.4. The van der Waals surface area contributed by atoms with Crippen LogP contribution in [0, 0.1) is 0 Å². The molecule has 1 saturated carbocycles. The van der Waals surface area contributed by atoms with E-state index in [-0.39, 0.29) is 34.8 Å². The van der Waals surface area contributed by atoms with Gasteiger partial charge in [0, 0.05) is 23.7 Å². The second-order valence-corrected chi connectivity index (χ2v) is 19.9. The molecule has 252 valence electrons. The van der Waals surface area contributed by atoms with Crippen LogP contribution in [0.2, 0.25) is 16.6 Å². The van der Waals surface area contributed by atoms with Gasteiger partial charge in [-0.1, -0.05) is 95.2 Å². The van der Waals surface area contributed by atoms with Gasteiger partial charge in [-0.15, -0.1) is 0 Å².